The number of benzene rings is 2. The highest BCUT2D eigenvalue weighted by atomic mass is 32.1. The molecule has 2 aromatic carbocycles. The number of methoxy groups -OCH3 is 1. The van der Waals surface area contributed by atoms with Gasteiger partial charge in [-0.1, -0.05) is 30.3 Å². The van der Waals surface area contributed by atoms with Crippen LogP contribution < -0.4 is 4.74 Å². The van der Waals surface area contributed by atoms with Crippen molar-refractivity contribution in [2.24, 2.45) is 0 Å². The summed E-state index contributed by atoms with van der Waals surface area (Å²) in [5, 5.41) is 13.4. The minimum atomic E-state index is -0.904. The van der Waals surface area contributed by atoms with Gasteiger partial charge in [-0.2, -0.15) is 0 Å². The number of hydrogen-bond donors (Lipinski definition) is 0. The van der Waals surface area contributed by atoms with E-state index < -0.39 is 17.5 Å². The predicted octanol–water partition coefficient (Wildman–Crippen LogP) is 4.79. The third kappa shape index (κ3) is 6.20. The maximum Gasteiger partial charge on any atom is 0.345 e. The van der Waals surface area contributed by atoms with Gasteiger partial charge in [0.2, 0.25) is 0 Å². The minimum Gasteiger partial charge on any atom is -0.497 e. The van der Waals surface area contributed by atoms with Gasteiger partial charge < -0.3 is 14.4 Å². The molecule has 1 atom stereocenters. The first-order valence-corrected chi connectivity index (χ1v) is 11.5. The first kappa shape index (κ1) is 24.9. The molecule has 0 unspecified atom stereocenters. The number of carbonyl (C=O) groups excluding carboxylic acids is 2. The number of aryl methyl sites for hydroxylation is 1. The minimum absolute atomic E-state index is 0.166. The van der Waals surface area contributed by atoms with E-state index in [1.54, 1.807) is 42.4 Å². The Kier molecular flexibility index (Phi) is 8.37. The second-order valence-electron chi connectivity index (χ2n) is 7.81. The SMILES string of the molecule is COc1ccc(CN(C(=O)COC(=O)c2cccc(C)c2[N+](=O)[O-])[C@@H](C)Cc2cccs2)cc1. The molecule has 3 aromatic rings. The molecule has 0 radical (unpaired) electrons. The van der Waals surface area contributed by atoms with E-state index in [9.17, 15) is 19.7 Å². The number of ether oxygens (including phenoxy) is 2. The van der Waals surface area contributed by atoms with Gasteiger partial charge in [-0.25, -0.2) is 4.79 Å². The number of hydrogen-bond acceptors (Lipinski definition) is 7. The second kappa shape index (κ2) is 11.4. The van der Waals surface area contributed by atoms with E-state index in [1.165, 1.54) is 6.07 Å². The average molecular weight is 483 g/mol. The van der Waals surface area contributed by atoms with E-state index in [0.29, 0.717) is 24.3 Å². The molecule has 1 heterocycles. The zero-order valence-corrected chi connectivity index (χ0v) is 20.0. The zero-order chi connectivity index (χ0) is 24.7. The van der Waals surface area contributed by atoms with Gasteiger partial charge in [0.1, 0.15) is 11.3 Å². The van der Waals surface area contributed by atoms with Crippen LogP contribution in [0.5, 0.6) is 5.75 Å². The Hall–Kier alpha value is -3.72. The molecule has 34 heavy (non-hydrogen) atoms. The molecule has 178 valence electrons. The van der Waals surface area contributed by atoms with Gasteiger partial charge in [0.15, 0.2) is 6.61 Å². The van der Waals surface area contributed by atoms with Gasteiger partial charge in [-0.05, 0) is 49.1 Å². The molecule has 0 aliphatic heterocycles. The third-order valence-corrected chi connectivity index (χ3v) is 6.31. The summed E-state index contributed by atoms with van der Waals surface area (Å²) < 4.78 is 10.4. The summed E-state index contributed by atoms with van der Waals surface area (Å²) in [5.74, 6) is -0.579. The topological polar surface area (TPSA) is 99.0 Å². The third-order valence-electron chi connectivity index (χ3n) is 5.41. The maximum atomic E-state index is 13.2. The van der Waals surface area contributed by atoms with Crippen LogP contribution in [0.25, 0.3) is 0 Å². The number of thiophene rings is 1. The van der Waals surface area contributed by atoms with Gasteiger partial charge >= 0.3 is 5.97 Å². The number of carbonyl (C=O) groups is 2. The Balaban J connectivity index is 1.75. The Morgan fingerprint density at radius 1 is 1.12 bits per heavy atom. The number of rotatable bonds is 10. The van der Waals surface area contributed by atoms with Crippen LogP contribution in [0.3, 0.4) is 0 Å². The first-order valence-electron chi connectivity index (χ1n) is 10.7. The average Bonchev–Trinajstić information content (AvgIpc) is 3.33. The fraction of sp³-hybridized carbons (Fsp3) is 0.280. The lowest BCUT2D eigenvalue weighted by atomic mass is 10.1. The lowest BCUT2D eigenvalue weighted by molar-refractivity contribution is -0.385. The van der Waals surface area contributed by atoms with Crippen molar-refractivity contribution in [1.29, 1.82) is 0 Å². The van der Waals surface area contributed by atoms with Crippen LogP contribution in [0.15, 0.2) is 60.0 Å². The van der Waals surface area contributed by atoms with Gasteiger partial charge in [0, 0.05) is 29.4 Å². The highest BCUT2D eigenvalue weighted by Crippen LogP contribution is 2.24. The van der Waals surface area contributed by atoms with Crippen LogP contribution >= 0.6 is 11.3 Å². The maximum absolute atomic E-state index is 13.2. The van der Waals surface area contributed by atoms with Gasteiger partial charge in [0.05, 0.1) is 12.0 Å². The molecular weight excluding hydrogens is 456 g/mol. The van der Waals surface area contributed by atoms with E-state index >= 15 is 0 Å². The van der Waals surface area contributed by atoms with Crippen LogP contribution in [0.4, 0.5) is 5.69 Å². The van der Waals surface area contributed by atoms with Crippen molar-refractivity contribution in [1.82, 2.24) is 4.90 Å². The summed E-state index contributed by atoms with van der Waals surface area (Å²) in [7, 11) is 1.58. The highest BCUT2D eigenvalue weighted by molar-refractivity contribution is 7.09. The normalized spacial score (nSPS) is 11.5. The summed E-state index contributed by atoms with van der Waals surface area (Å²) in [5.41, 5.74) is 0.747. The number of amides is 1. The fourth-order valence-corrected chi connectivity index (χ4v) is 4.43. The van der Waals surface area contributed by atoms with E-state index in [0.717, 1.165) is 10.4 Å². The smallest absolute Gasteiger partial charge is 0.345 e. The Bertz CT molecular complexity index is 1140. The lowest BCUT2D eigenvalue weighted by Crippen LogP contribution is -2.41. The van der Waals surface area contributed by atoms with Crippen molar-refractivity contribution in [2.75, 3.05) is 13.7 Å². The van der Waals surface area contributed by atoms with E-state index in [-0.39, 0.29) is 23.2 Å². The largest absolute Gasteiger partial charge is 0.497 e. The van der Waals surface area contributed by atoms with E-state index in [2.05, 4.69) is 0 Å². The van der Waals surface area contributed by atoms with Crippen LogP contribution in [0.1, 0.15) is 33.3 Å². The monoisotopic (exact) mass is 482 g/mol. The number of nitrogens with zero attached hydrogens (tertiary/aromatic N) is 2. The van der Waals surface area contributed by atoms with Crippen LogP contribution in [0.2, 0.25) is 0 Å². The molecule has 0 aliphatic rings. The van der Waals surface area contributed by atoms with Crippen molar-refractivity contribution >= 4 is 28.9 Å². The summed E-state index contributed by atoms with van der Waals surface area (Å²) in [6.45, 7) is 3.28. The summed E-state index contributed by atoms with van der Waals surface area (Å²) in [4.78, 5) is 39.3. The van der Waals surface area contributed by atoms with E-state index in [1.807, 2.05) is 48.7 Å². The summed E-state index contributed by atoms with van der Waals surface area (Å²) in [6.07, 6.45) is 0.650. The molecule has 9 heteroatoms. The molecule has 0 spiro atoms. The van der Waals surface area contributed by atoms with Crippen LogP contribution in [-0.4, -0.2) is 41.5 Å². The van der Waals surface area contributed by atoms with Gasteiger partial charge in [-0.3, -0.25) is 14.9 Å². The summed E-state index contributed by atoms with van der Waals surface area (Å²) in [6, 6.07) is 15.6. The van der Waals surface area contributed by atoms with Crippen molar-refractivity contribution in [2.45, 2.75) is 32.9 Å². The van der Waals surface area contributed by atoms with Gasteiger partial charge in [-0.15, -0.1) is 11.3 Å². The highest BCUT2D eigenvalue weighted by Gasteiger charge is 2.26. The van der Waals surface area contributed by atoms with E-state index in [4.69, 9.17) is 9.47 Å². The molecular formula is C25H26N2O6S. The molecule has 1 aromatic heterocycles. The predicted molar refractivity (Wildman–Crippen MR) is 129 cm³/mol. The van der Waals surface area contributed by atoms with Crippen molar-refractivity contribution in [3.63, 3.8) is 0 Å². The van der Waals surface area contributed by atoms with Crippen molar-refractivity contribution < 1.29 is 24.0 Å². The molecule has 8 nitrogen and oxygen atoms in total. The second-order valence-corrected chi connectivity index (χ2v) is 8.84. The number of para-hydroxylation sites is 1. The molecule has 1 amide bonds. The quantitative estimate of drug-likeness (QED) is 0.234. The molecule has 0 saturated carbocycles. The number of nitro benzene ring substituents is 1. The number of nitro groups is 1. The van der Waals surface area contributed by atoms with Crippen LogP contribution in [0, 0.1) is 17.0 Å². The molecule has 0 saturated heterocycles. The standard InChI is InChI=1S/C25H26N2O6S/c1-17-6-4-8-22(24(17)27(30)31)25(29)33-16-23(28)26(18(2)14-21-7-5-13-34-21)15-19-9-11-20(32-3)12-10-19/h4-13,18H,14-16H2,1-3H3/t18-/m0/s1. The Labute approximate surface area is 201 Å². The first-order chi connectivity index (χ1) is 16.3. The lowest BCUT2D eigenvalue weighted by Gasteiger charge is -2.29. The molecule has 0 bridgehead atoms. The fourth-order valence-electron chi connectivity index (χ4n) is 3.60. The van der Waals surface area contributed by atoms with Gasteiger partial charge in [0.25, 0.3) is 11.6 Å². The molecule has 3 rings (SSSR count). The van der Waals surface area contributed by atoms with Crippen molar-refractivity contribution in [3.05, 3.63) is 91.7 Å². The Morgan fingerprint density at radius 3 is 2.47 bits per heavy atom. The summed E-state index contributed by atoms with van der Waals surface area (Å²) >= 11 is 1.61. The number of esters is 1. The molecule has 0 N–H and O–H groups in total. The van der Waals surface area contributed by atoms with Crippen LogP contribution in [-0.2, 0) is 22.5 Å². The molecule has 0 fully saturated rings. The van der Waals surface area contributed by atoms with Crippen molar-refractivity contribution in [3.8, 4) is 5.75 Å². The zero-order valence-electron chi connectivity index (χ0n) is 19.2. The molecule has 0 aliphatic carbocycles. The Morgan fingerprint density at radius 2 is 1.85 bits per heavy atom.